The summed E-state index contributed by atoms with van der Waals surface area (Å²) in [6.45, 7) is 6.50. The van der Waals surface area contributed by atoms with Gasteiger partial charge in [0, 0.05) is 35.3 Å². The first-order valence-electron chi connectivity index (χ1n) is 10.2. The van der Waals surface area contributed by atoms with Crippen molar-refractivity contribution in [3.63, 3.8) is 0 Å². The van der Waals surface area contributed by atoms with Crippen molar-refractivity contribution in [1.29, 1.82) is 0 Å². The maximum atomic E-state index is 13.8. The van der Waals surface area contributed by atoms with Gasteiger partial charge in [-0.3, -0.25) is 9.78 Å². The third-order valence-corrected chi connectivity index (χ3v) is 5.97. The van der Waals surface area contributed by atoms with Gasteiger partial charge in [0.25, 0.3) is 0 Å². The van der Waals surface area contributed by atoms with Crippen LogP contribution >= 0.6 is 11.6 Å². The van der Waals surface area contributed by atoms with Crippen LogP contribution in [-0.4, -0.2) is 25.5 Å². The molecule has 0 bridgehead atoms. The van der Waals surface area contributed by atoms with Crippen molar-refractivity contribution in [2.24, 2.45) is 0 Å². The molecule has 1 aliphatic rings. The Bertz CT molecular complexity index is 1100. The molecule has 1 aromatic carbocycles. The molecule has 1 saturated carbocycles. The molecule has 0 N–H and O–H groups in total. The Balaban J connectivity index is 1.53. The van der Waals surface area contributed by atoms with Gasteiger partial charge in [-0.2, -0.15) is 5.10 Å². The van der Waals surface area contributed by atoms with Crippen LogP contribution in [-0.2, 0) is 23.2 Å². The summed E-state index contributed by atoms with van der Waals surface area (Å²) in [6, 6.07) is 8.67. The lowest BCUT2D eigenvalue weighted by Crippen LogP contribution is -2.18. The number of Topliss-reactive ketones (excluding diaryl/α,β-unsaturated/α-hetero) is 1. The SMILES string of the molecule is CCn1nc(-c2ccc(Cl)c(F)c2)nc1CC(=O)CC1(c2cc(C)nc(C)c2)CC1. The van der Waals surface area contributed by atoms with Crippen LogP contribution in [0.3, 0.4) is 0 Å². The summed E-state index contributed by atoms with van der Waals surface area (Å²) in [7, 11) is 0. The minimum absolute atomic E-state index is 0.0559. The summed E-state index contributed by atoms with van der Waals surface area (Å²) in [4.78, 5) is 21.9. The molecule has 156 valence electrons. The molecule has 5 nitrogen and oxygen atoms in total. The van der Waals surface area contributed by atoms with Crippen molar-refractivity contribution >= 4 is 17.4 Å². The summed E-state index contributed by atoms with van der Waals surface area (Å²) >= 11 is 5.77. The number of aryl methyl sites for hydroxylation is 3. The molecule has 0 radical (unpaired) electrons. The number of hydrogen-bond donors (Lipinski definition) is 0. The highest BCUT2D eigenvalue weighted by molar-refractivity contribution is 6.30. The largest absolute Gasteiger partial charge is 0.299 e. The second-order valence-corrected chi connectivity index (χ2v) is 8.51. The summed E-state index contributed by atoms with van der Waals surface area (Å²) < 4.78 is 15.5. The highest BCUT2D eigenvalue weighted by Gasteiger charge is 2.46. The lowest BCUT2D eigenvalue weighted by molar-refractivity contribution is -0.119. The number of aromatic nitrogens is 4. The molecule has 0 amide bonds. The predicted molar refractivity (Wildman–Crippen MR) is 114 cm³/mol. The van der Waals surface area contributed by atoms with Crippen molar-refractivity contribution in [2.75, 3.05) is 0 Å². The number of halogens is 2. The molecule has 0 saturated heterocycles. The number of pyridine rings is 1. The first kappa shape index (κ1) is 20.7. The highest BCUT2D eigenvalue weighted by atomic mass is 35.5. The quantitative estimate of drug-likeness (QED) is 0.533. The van der Waals surface area contributed by atoms with Gasteiger partial charge in [0.05, 0.1) is 11.4 Å². The zero-order valence-electron chi connectivity index (χ0n) is 17.4. The van der Waals surface area contributed by atoms with E-state index in [2.05, 4.69) is 27.2 Å². The fourth-order valence-corrected chi connectivity index (χ4v) is 4.11. The molecule has 30 heavy (non-hydrogen) atoms. The van der Waals surface area contributed by atoms with Crippen LogP contribution < -0.4 is 0 Å². The van der Waals surface area contributed by atoms with Crippen LogP contribution in [0.2, 0.25) is 5.02 Å². The van der Waals surface area contributed by atoms with E-state index in [9.17, 15) is 9.18 Å². The molecule has 0 aliphatic heterocycles. The zero-order valence-corrected chi connectivity index (χ0v) is 18.1. The lowest BCUT2D eigenvalue weighted by atomic mass is 9.89. The van der Waals surface area contributed by atoms with Crippen molar-refractivity contribution in [3.8, 4) is 11.4 Å². The second-order valence-electron chi connectivity index (χ2n) is 8.11. The normalized spacial score (nSPS) is 14.7. The number of carbonyl (C=O) groups is 1. The fraction of sp³-hybridized carbons (Fsp3) is 0.391. The molecule has 4 rings (SSSR count). The third kappa shape index (κ3) is 4.15. The number of ketones is 1. The molecule has 0 unspecified atom stereocenters. The summed E-state index contributed by atoms with van der Waals surface area (Å²) in [5.74, 6) is 0.622. The smallest absolute Gasteiger partial charge is 0.181 e. The molecule has 0 atom stereocenters. The first-order chi connectivity index (χ1) is 14.3. The Kier molecular flexibility index (Phi) is 5.45. The number of nitrogens with zero attached hydrogens (tertiary/aromatic N) is 4. The summed E-state index contributed by atoms with van der Waals surface area (Å²) in [5.41, 5.74) is 3.63. The molecule has 1 fully saturated rings. The first-order valence-corrected chi connectivity index (χ1v) is 10.5. The Morgan fingerprint density at radius 1 is 1.17 bits per heavy atom. The highest BCUT2D eigenvalue weighted by Crippen LogP contribution is 2.51. The van der Waals surface area contributed by atoms with Gasteiger partial charge in [0.2, 0.25) is 0 Å². The molecule has 3 aromatic rings. The van der Waals surface area contributed by atoms with E-state index in [1.54, 1.807) is 10.7 Å². The van der Waals surface area contributed by atoms with E-state index >= 15 is 0 Å². The summed E-state index contributed by atoms with van der Waals surface area (Å²) in [6.07, 6.45) is 2.72. The van der Waals surface area contributed by atoms with E-state index in [4.69, 9.17) is 11.6 Å². The van der Waals surface area contributed by atoms with Crippen LogP contribution in [0, 0.1) is 19.7 Å². The van der Waals surface area contributed by atoms with E-state index < -0.39 is 5.82 Å². The number of carbonyl (C=O) groups excluding carboxylic acids is 1. The van der Waals surface area contributed by atoms with E-state index in [0.29, 0.717) is 30.2 Å². The molecule has 0 spiro atoms. The van der Waals surface area contributed by atoms with Gasteiger partial charge in [0.1, 0.15) is 17.4 Å². The molecule has 7 heteroatoms. The van der Waals surface area contributed by atoms with Crippen molar-refractivity contribution in [2.45, 2.75) is 58.4 Å². The van der Waals surface area contributed by atoms with Gasteiger partial charge in [-0.05, 0) is 69.5 Å². The lowest BCUT2D eigenvalue weighted by Gasteiger charge is -2.16. The van der Waals surface area contributed by atoms with Crippen LogP contribution in [0.25, 0.3) is 11.4 Å². The fourth-order valence-electron chi connectivity index (χ4n) is 3.99. The topological polar surface area (TPSA) is 60.7 Å². The predicted octanol–water partition coefficient (Wildman–Crippen LogP) is 5.00. The van der Waals surface area contributed by atoms with Gasteiger partial charge < -0.3 is 0 Å². The van der Waals surface area contributed by atoms with Crippen molar-refractivity contribution in [3.05, 3.63) is 63.9 Å². The van der Waals surface area contributed by atoms with E-state index in [1.807, 2.05) is 20.8 Å². The Morgan fingerprint density at radius 3 is 2.47 bits per heavy atom. The van der Waals surface area contributed by atoms with E-state index in [1.165, 1.54) is 17.7 Å². The molecule has 1 aliphatic carbocycles. The molecular weight excluding hydrogens is 403 g/mol. The third-order valence-electron chi connectivity index (χ3n) is 5.66. The van der Waals surface area contributed by atoms with Crippen LogP contribution in [0.4, 0.5) is 4.39 Å². The summed E-state index contributed by atoms with van der Waals surface area (Å²) in [5, 5.41) is 4.51. The maximum absolute atomic E-state index is 13.8. The average molecular weight is 427 g/mol. The van der Waals surface area contributed by atoms with Crippen LogP contribution in [0.15, 0.2) is 30.3 Å². The minimum Gasteiger partial charge on any atom is -0.299 e. The van der Waals surface area contributed by atoms with Crippen molar-refractivity contribution in [1.82, 2.24) is 19.7 Å². The maximum Gasteiger partial charge on any atom is 0.181 e. The number of rotatable bonds is 7. The average Bonchev–Trinajstić information content (AvgIpc) is 3.35. The molecular formula is C23H24ClFN4O. The Labute approximate surface area is 180 Å². The van der Waals surface area contributed by atoms with Gasteiger partial charge >= 0.3 is 0 Å². The van der Waals surface area contributed by atoms with Crippen molar-refractivity contribution < 1.29 is 9.18 Å². The Morgan fingerprint density at radius 2 is 1.87 bits per heavy atom. The molecule has 2 heterocycles. The monoisotopic (exact) mass is 426 g/mol. The molecule has 2 aromatic heterocycles. The second kappa shape index (κ2) is 7.91. The van der Waals surface area contributed by atoms with Gasteiger partial charge in [-0.25, -0.2) is 14.1 Å². The van der Waals surface area contributed by atoms with Crippen LogP contribution in [0.5, 0.6) is 0 Å². The minimum atomic E-state index is -0.516. The number of hydrogen-bond acceptors (Lipinski definition) is 4. The van der Waals surface area contributed by atoms with E-state index in [-0.39, 0.29) is 22.6 Å². The number of benzene rings is 1. The van der Waals surface area contributed by atoms with E-state index in [0.717, 1.165) is 24.2 Å². The van der Waals surface area contributed by atoms with Crippen LogP contribution in [0.1, 0.15) is 49.0 Å². The zero-order chi connectivity index (χ0) is 21.5. The Hall–Kier alpha value is -2.60. The van der Waals surface area contributed by atoms with Gasteiger partial charge in [-0.15, -0.1) is 0 Å². The van der Waals surface area contributed by atoms with Gasteiger partial charge in [0.15, 0.2) is 5.82 Å². The standard InChI is InChI=1S/C23H24ClFN4O/c1-4-29-21(27-22(28-29)16-5-6-19(24)20(25)11-16)12-18(30)13-23(7-8-23)17-9-14(2)26-15(3)10-17/h5-6,9-11H,4,7-8,12-13H2,1-3H3. The van der Waals surface area contributed by atoms with Gasteiger partial charge in [-0.1, -0.05) is 11.6 Å².